The van der Waals surface area contributed by atoms with E-state index >= 15 is 0 Å². The number of rotatable bonds is 12. The fraction of sp³-hybridized carbons (Fsp3) is 0.824. The van der Waals surface area contributed by atoms with Gasteiger partial charge in [0.05, 0.1) is 39.3 Å². The number of nitrogens with zero attached hydrogens (tertiary/aromatic N) is 1. The zero-order valence-electron chi connectivity index (χ0n) is 16.5. The van der Waals surface area contributed by atoms with Crippen LogP contribution in [0, 0.1) is 0 Å². The van der Waals surface area contributed by atoms with Gasteiger partial charge in [0.2, 0.25) is 16.3 Å². The Morgan fingerprint density at radius 1 is 1.04 bits per heavy atom. The van der Waals surface area contributed by atoms with Gasteiger partial charge in [-0.15, -0.1) is 0 Å². The van der Waals surface area contributed by atoms with Crippen LogP contribution in [-0.2, 0) is 19.4 Å². The molecule has 0 unspecified atom stereocenters. The van der Waals surface area contributed by atoms with E-state index in [9.17, 15) is 17.8 Å². The average Bonchev–Trinajstić information content (AvgIpc) is 2.47. The molecule has 0 saturated heterocycles. The lowest BCUT2D eigenvalue weighted by molar-refractivity contribution is -0.927. The summed E-state index contributed by atoms with van der Waals surface area (Å²) in [6.45, 7) is 18.9. The van der Waals surface area contributed by atoms with E-state index in [1.807, 2.05) is 0 Å². The lowest BCUT2D eigenvalue weighted by Crippen LogP contribution is -2.53. The van der Waals surface area contributed by atoms with E-state index in [1.54, 1.807) is 6.92 Å². The van der Waals surface area contributed by atoms with Gasteiger partial charge in [0.15, 0.2) is 0 Å². The van der Waals surface area contributed by atoms with Gasteiger partial charge in [-0.25, -0.2) is 8.42 Å². The summed E-state index contributed by atoms with van der Waals surface area (Å²) in [5, 5.41) is 2.96. The predicted molar refractivity (Wildman–Crippen MR) is 99.7 cm³/mol. The Morgan fingerprint density at radius 2 is 1.48 bits per heavy atom. The predicted octanol–water partition coefficient (Wildman–Crippen LogP) is 2.21. The van der Waals surface area contributed by atoms with Crippen LogP contribution >= 0.6 is 0 Å². The van der Waals surface area contributed by atoms with E-state index in [-0.39, 0.29) is 12.5 Å². The Labute approximate surface area is 154 Å². The normalized spacial score (nSPS) is 11.4. The van der Waals surface area contributed by atoms with Gasteiger partial charge in [-0.2, -0.15) is 0 Å². The number of amides is 1. The molecule has 0 aliphatic carbocycles. The number of hydrogen-bond acceptors (Lipinski definition) is 5. The number of hydrogen-bond donors (Lipinski definition) is 1. The summed E-state index contributed by atoms with van der Waals surface area (Å²) in [6, 6.07) is 0. The first-order chi connectivity index (χ1) is 11.6. The lowest BCUT2D eigenvalue weighted by atomic mass is 10.2. The van der Waals surface area contributed by atoms with Crippen LogP contribution in [0.2, 0.25) is 0 Å². The number of carbonyl (C=O) groups excluding carboxylic acids is 1. The average molecular weight is 381 g/mol. The molecule has 0 spiro atoms. The summed E-state index contributed by atoms with van der Waals surface area (Å²) in [5.41, 5.74) is 0.592. The van der Waals surface area contributed by atoms with E-state index in [2.05, 4.69) is 36.9 Å². The van der Waals surface area contributed by atoms with E-state index in [4.69, 9.17) is 0 Å². The van der Waals surface area contributed by atoms with E-state index < -0.39 is 10.4 Å². The lowest BCUT2D eigenvalue weighted by Gasteiger charge is -2.38. The van der Waals surface area contributed by atoms with Crippen molar-refractivity contribution in [2.45, 2.75) is 53.9 Å². The standard InChI is InChI=1S/C15H30N2O.C2H6O4S/c1-6-10-17(11-7-2,12-8-3)13-9-16-15(18)14(4)5;1-2-6-7(3,4)5/h4,6-13H2,1-3,5H3;2H2,1H3,(H,3,4,5). The smallest absolute Gasteiger partial charge is 0.246 e. The number of carbonyl (C=O) groups is 1. The van der Waals surface area contributed by atoms with Crippen LogP contribution in [0.1, 0.15) is 53.9 Å². The molecular weight excluding hydrogens is 344 g/mol. The van der Waals surface area contributed by atoms with Crippen LogP contribution < -0.4 is 5.32 Å². The molecule has 150 valence electrons. The van der Waals surface area contributed by atoms with Crippen LogP contribution in [0.4, 0.5) is 0 Å². The molecule has 0 aromatic heterocycles. The maximum Gasteiger partial charge on any atom is 0.246 e. The monoisotopic (exact) mass is 380 g/mol. The van der Waals surface area contributed by atoms with Gasteiger partial charge in [-0.05, 0) is 33.1 Å². The third-order valence-corrected chi connectivity index (χ3v) is 4.14. The minimum absolute atomic E-state index is 0.0161. The second-order valence-electron chi connectivity index (χ2n) is 6.09. The van der Waals surface area contributed by atoms with Crippen molar-refractivity contribution in [3.63, 3.8) is 0 Å². The highest BCUT2D eigenvalue weighted by atomic mass is 32.3. The molecule has 0 aromatic carbocycles. The van der Waals surface area contributed by atoms with Gasteiger partial charge in [-0.3, -0.25) is 8.98 Å². The molecule has 0 heterocycles. The summed E-state index contributed by atoms with van der Waals surface area (Å²) < 4.78 is 33.1. The molecular formula is C17H36N2O5S. The van der Waals surface area contributed by atoms with Gasteiger partial charge in [0, 0.05) is 5.57 Å². The highest BCUT2D eigenvalue weighted by Gasteiger charge is 2.24. The van der Waals surface area contributed by atoms with Crippen molar-refractivity contribution in [2.24, 2.45) is 0 Å². The summed E-state index contributed by atoms with van der Waals surface area (Å²) in [7, 11) is -4.42. The summed E-state index contributed by atoms with van der Waals surface area (Å²) in [6.07, 6.45) is 3.61. The van der Waals surface area contributed by atoms with Crippen LogP contribution in [-0.4, -0.2) is 62.7 Å². The van der Waals surface area contributed by atoms with Crippen LogP contribution in [0.25, 0.3) is 0 Å². The van der Waals surface area contributed by atoms with E-state index in [1.165, 1.54) is 45.8 Å². The third-order valence-electron chi connectivity index (χ3n) is 3.62. The van der Waals surface area contributed by atoms with Crippen molar-refractivity contribution in [2.75, 3.05) is 39.3 Å². The molecule has 0 atom stereocenters. The molecule has 0 rings (SSSR count). The molecule has 25 heavy (non-hydrogen) atoms. The Bertz CT molecular complexity index is 460. The summed E-state index contributed by atoms with van der Waals surface area (Å²) in [5.74, 6) is -0.0161. The van der Waals surface area contributed by atoms with Gasteiger partial charge >= 0.3 is 0 Å². The molecule has 0 fully saturated rings. The zero-order valence-corrected chi connectivity index (χ0v) is 17.3. The molecule has 0 radical (unpaired) electrons. The Balaban J connectivity index is 0. The molecule has 1 N–H and O–H groups in total. The highest BCUT2D eigenvalue weighted by molar-refractivity contribution is 7.80. The second kappa shape index (κ2) is 14.2. The molecule has 1 amide bonds. The van der Waals surface area contributed by atoms with Gasteiger partial charge in [0.25, 0.3) is 0 Å². The zero-order chi connectivity index (χ0) is 19.9. The van der Waals surface area contributed by atoms with Crippen molar-refractivity contribution < 1.29 is 26.4 Å². The van der Waals surface area contributed by atoms with E-state index in [0.717, 1.165) is 17.6 Å². The first-order valence-corrected chi connectivity index (χ1v) is 10.3. The second-order valence-corrected chi connectivity index (χ2v) is 7.14. The van der Waals surface area contributed by atoms with Crippen molar-refractivity contribution in [3.05, 3.63) is 12.2 Å². The van der Waals surface area contributed by atoms with Crippen molar-refractivity contribution in [3.8, 4) is 0 Å². The quantitative estimate of drug-likeness (QED) is 0.242. The fourth-order valence-corrected chi connectivity index (χ4v) is 3.08. The van der Waals surface area contributed by atoms with E-state index in [0.29, 0.717) is 5.57 Å². The van der Waals surface area contributed by atoms with Crippen LogP contribution in [0.15, 0.2) is 12.2 Å². The molecule has 7 nitrogen and oxygen atoms in total. The summed E-state index contributed by atoms with van der Waals surface area (Å²) >= 11 is 0. The number of quaternary nitrogens is 1. The molecule has 0 aromatic rings. The summed E-state index contributed by atoms with van der Waals surface area (Å²) in [4.78, 5) is 11.5. The minimum atomic E-state index is -4.42. The SMILES string of the molecule is C=C(C)C(=O)NCC[N+](CCC)(CCC)CCC.CCOS(=O)(=O)[O-]. The molecule has 0 bridgehead atoms. The van der Waals surface area contributed by atoms with Gasteiger partial charge < -0.3 is 14.4 Å². The van der Waals surface area contributed by atoms with Gasteiger partial charge in [-0.1, -0.05) is 27.4 Å². The molecule has 8 heteroatoms. The van der Waals surface area contributed by atoms with Crippen LogP contribution in [0.5, 0.6) is 0 Å². The molecule has 0 aliphatic heterocycles. The van der Waals surface area contributed by atoms with Crippen molar-refractivity contribution >= 4 is 16.3 Å². The maximum absolute atomic E-state index is 11.5. The first-order valence-electron chi connectivity index (χ1n) is 8.96. The molecule has 0 aliphatic rings. The highest BCUT2D eigenvalue weighted by Crippen LogP contribution is 2.11. The Morgan fingerprint density at radius 3 is 1.72 bits per heavy atom. The Kier molecular flexibility index (Phi) is 15.0. The number of nitrogens with one attached hydrogen (secondary N) is 1. The van der Waals surface area contributed by atoms with Crippen LogP contribution in [0.3, 0.4) is 0 Å². The van der Waals surface area contributed by atoms with Crippen molar-refractivity contribution in [1.82, 2.24) is 5.32 Å². The topological polar surface area (TPSA) is 95.5 Å². The van der Waals surface area contributed by atoms with Crippen molar-refractivity contribution in [1.29, 1.82) is 0 Å². The fourth-order valence-electron chi connectivity index (χ4n) is 2.80. The minimum Gasteiger partial charge on any atom is -0.726 e. The van der Waals surface area contributed by atoms with Gasteiger partial charge in [0.1, 0.15) is 0 Å². The first kappa shape index (κ1) is 26.3. The molecule has 0 saturated carbocycles. The third kappa shape index (κ3) is 15.0. The largest absolute Gasteiger partial charge is 0.726 e. The Hall–Kier alpha value is -0.960. The maximum atomic E-state index is 11.5.